The van der Waals surface area contributed by atoms with Crippen LogP contribution < -0.4 is 10.5 Å². The van der Waals surface area contributed by atoms with Gasteiger partial charge in [0.1, 0.15) is 23.5 Å². The van der Waals surface area contributed by atoms with E-state index in [1.165, 1.54) is 18.2 Å². The predicted octanol–water partition coefficient (Wildman–Crippen LogP) is 3.74. The van der Waals surface area contributed by atoms with Crippen molar-refractivity contribution in [1.82, 2.24) is 0 Å². The van der Waals surface area contributed by atoms with Crippen LogP contribution in [0.15, 0.2) is 42.5 Å². The molecule has 0 radical (unpaired) electrons. The van der Waals surface area contributed by atoms with E-state index in [9.17, 15) is 8.78 Å². The quantitative estimate of drug-likeness (QED) is 0.924. The number of halogens is 2. The van der Waals surface area contributed by atoms with Gasteiger partial charge >= 0.3 is 0 Å². The van der Waals surface area contributed by atoms with Gasteiger partial charge in [0, 0.05) is 12.1 Å². The first-order chi connectivity index (χ1) is 9.47. The van der Waals surface area contributed by atoms with Crippen molar-refractivity contribution < 1.29 is 13.5 Å². The van der Waals surface area contributed by atoms with Crippen LogP contribution in [0.5, 0.6) is 5.75 Å². The van der Waals surface area contributed by atoms with Gasteiger partial charge in [-0.1, -0.05) is 18.2 Å². The van der Waals surface area contributed by atoms with E-state index in [4.69, 9.17) is 10.5 Å². The summed E-state index contributed by atoms with van der Waals surface area (Å²) in [5.74, 6) is -0.247. The zero-order valence-corrected chi connectivity index (χ0v) is 11.4. The Morgan fingerprint density at radius 3 is 2.25 bits per heavy atom. The highest BCUT2D eigenvalue weighted by Crippen LogP contribution is 2.25. The van der Waals surface area contributed by atoms with Crippen molar-refractivity contribution in [3.8, 4) is 5.75 Å². The van der Waals surface area contributed by atoms with Crippen LogP contribution in [-0.2, 0) is 0 Å². The SMILES string of the molecule is Cc1ccc(OC(c2ccc(F)cc2)C(C)N)cc1F. The lowest BCUT2D eigenvalue weighted by atomic mass is 10.0. The van der Waals surface area contributed by atoms with Gasteiger partial charge in [-0.3, -0.25) is 0 Å². The number of benzene rings is 2. The molecule has 2 unspecified atom stereocenters. The van der Waals surface area contributed by atoms with Gasteiger partial charge in [-0.2, -0.15) is 0 Å². The van der Waals surface area contributed by atoms with E-state index in [1.54, 1.807) is 38.1 Å². The van der Waals surface area contributed by atoms with Crippen LogP contribution in [-0.4, -0.2) is 6.04 Å². The lowest BCUT2D eigenvalue weighted by molar-refractivity contribution is 0.179. The maximum atomic E-state index is 13.5. The molecule has 0 heterocycles. The van der Waals surface area contributed by atoms with Gasteiger partial charge in [0.15, 0.2) is 0 Å². The molecular weight excluding hydrogens is 260 g/mol. The summed E-state index contributed by atoms with van der Waals surface area (Å²) in [5, 5.41) is 0. The highest BCUT2D eigenvalue weighted by molar-refractivity contribution is 5.30. The summed E-state index contributed by atoms with van der Waals surface area (Å²) in [4.78, 5) is 0. The normalized spacial score (nSPS) is 13.8. The number of rotatable bonds is 4. The fourth-order valence-corrected chi connectivity index (χ4v) is 1.92. The molecule has 2 rings (SSSR count). The zero-order valence-electron chi connectivity index (χ0n) is 11.4. The molecule has 0 spiro atoms. The molecule has 0 aliphatic heterocycles. The molecule has 20 heavy (non-hydrogen) atoms. The summed E-state index contributed by atoms with van der Waals surface area (Å²) in [5.41, 5.74) is 7.21. The molecule has 0 aromatic heterocycles. The van der Waals surface area contributed by atoms with Gasteiger partial charge < -0.3 is 10.5 Å². The summed E-state index contributed by atoms with van der Waals surface area (Å²) in [6.45, 7) is 3.47. The second-order valence-electron chi connectivity index (χ2n) is 4.86. The fraction of sp³-hybridized carbons (Fsp3) is 0.250. The van der Waals surface area contributed by atoms with E-state index < -0.39 is 6.10 Å². The topological polar surface area (TPSA) is 35.2 Å². The van der Waals surface area contributed by atoms with Crippen molar-refractivity contribution >= 4 is 0 Å². The van der Waals surface area contributed by atoms with Crippen molar-refractivity contribution in [2.45, 2.75) is 26.0 Å². The van der Waals surface area contributed by atoms with Crippen LogP contribution in [0.4, 0.5) is 8.78 Å². The lowest BCUT2D eigenvalue weighted by Crippen LogP contribution is -2.29. The summed E-state index contributed by atoms with van der Waals surface area (Å²) >= 11 is 0. The van der Waals surface area contributed by atoms with Crippen LogP contribution in [0.2, 0.25) is 0 Å². The highest BCUT2D eigenvalue weighted by Gasteiger charge is 2.18. The Bertz CT molecular complexity index is 582. The van der Waals surface area contributed by atoms with E-state index in [0.29, 0.717) is 11.3 Å². The maximum Gasteiger partial charge on any atom is 0.138 e. The minimum atomic E-state index is -0.460. The van der Waals surface area contributed by atoms with E-state index in [0.717, 1.165) is 5.56 Å². The zero-order chi connectivity index (χ0) is 14.7. The van der Waals surface area contributed by atoms with Crippen molar-refractivity contribution in [2.24, 2.45) is 5.73 Å². The van der Waals surface area contributed by atoms with E-state index in [-0.39, 0.29) is 17.7 Å². The van der Waals surface area contributed by atoms with Gasteiger partial charge in [0.2, 0.25) is 0 Å². The van der Waals surface area contributed by atoms with Gasteiger partial charge in [0.25, 0.3) is 0 Å². The maximum absolute atomic E-state index is 13.5. The molecule has 106 valence electrons. The number of aryl methyl sites for hydroxylation is 1. The molecule has 2 aromatic rings. The largest absolute Gasteiger partial charge is 0.484 e. The first-order valence-corrected chi connectivity index (χ1v) is 6.41. The van der Waals surface area contributed by atoms with Gasteiger partial charge in [-0.05, 0) is 43.2 Å². The Kier molecular flexibility index (Phi) is 4.35. The third-order valence-electron chi connectivity index (χ3n) is 3.08. The third-order valence-corrected chi connectivity index (χ3v) is 3.08. The second-order valence-corrected chi connectivity index (χ2v) is 4.86. The molecule has 0 fully saturated rings. The molecule has 2 N–H and O–H groups in total. The molecular formula is C16H17F2NO. The predicted molar refractivity (Wildman–Crippen MR) is 74.6 cm³/mol. The molecule has 4 heteroatoms. The van der Waals surface area contributed by atoms with E-state index >= 15 is 0 Å². The lowest BCUT2D eigenvalue weighted by Gasteiger charge is -2.23. The molecule has 0 aliphatic rings. The van der Waals surface area contributed by atoms with Crippen LogP contribution in [0.1, 0.15) is 24.2 Å². The summed E-state index contributed by atoms with van der Waals surface area (Å²) in [6, 6.07) is 10.3. The first kappa shape index (κ1) is 14.5. The third kappa shape index (κ3) is 3.33. The van der Waals surface area contributed by atoms with Crippen LogP contribution in [0.25, 0.3) is 0 Å². The molecule has 2 aromatic carbocycles. The average Bonchev–Trinajstić information content (AvgIpc) is 2.41. The molecule has 2 atom stereocenters. The molecule has 0 bridgehead atoms. The van der Waals surface area contributed by atoms with Crippen LogP contribution in [0.3, 0.4) is 0 Å². The standard InChI is InChI=1S/C16H17F2NO/c1-10-3-8-14(9-15(10)18)20-16(11(2)19)12-4-6-13(17)7-5-12/h3-9,11,16H,19H2,1-2H3. The average molecular weight is 277 g/mol. The Morgan fingerprint density at radius 1 is 1.05 bits per heavy atom. The molecule has 0 aliphatic carbocycles. The second kappa shape index (κ2) is 6.01. The smallest absolute Gasteiger partial charge is 0.138 e. The first-order valence-electron chi connectivity index (χ1n) is 6.41. The Morgan fingerprint density at radius 2 is 1.70 bits per heavy atom. The molecule has 0 saturated carbocycles. The summed E-state index contributed by atoms with van der Waals surface area (Å²) in [7, 11) is 0. The van der Waals surface area contributed by atoms with Gasteiger partial charge in [0.05, 0.1) is 0 Å². The van der Waals surface area contributed by atoms with Crippen molar-refractivity contribution in [3.63, 3.8) is 0 Å². The van der Waals surface area contributed by atoms with E-state index in [1.807, 2.05) is 0 Å². The van der Waals surface area contributed by atoms with Crippen LogP contribution in [0, 0.1) is 18.6 Å². The minimum Gasteiger partial charge on any atom is -0.484 e. The molecule has 0 saturated heterocycles. The van der Waals surface area contributed by atoms with E-state index in [2.05, 4.69) is 0 Å². The minimum absolute atomic E-state index is 0.315. The molecule has 2 nitrogen and oxygen atoms in total. The summed E-state index contributed by atoms with van der Waals surface area (Å²) in [6.07, 6.45) is -0.460. The van der Waals surface area contributed by atoms with Gasteiger partial charge in [-0.15, -0.1) is 0 Å². The Balaban J connectivity index is 2.25. The number of hydrogen-bond donors (Lipinski definition) is 1. The van der Waals surface area contributed by atoms with Crippen LogP contribution >= 0.6 is 0 Å². The number of ether oxygens (including phenoxy) is 1. The van der Waals surface area contributed by atoms with Crippen molar-refractivity contribution in [2.75, 3.05) is 0 Å². The molecule has 0 amide bonds. The fourth-order valence-electron chi connectivity index (χ4n) is 1.92. The van der Waals surface area contributed by atoms with Crippen molar-refractivity contribution in [3.05, 3.63) is 65.2 Å². The summed E-state index contributed by atoms with van der Waals surface area (Å²) < 4.78 is 32.2. The number of nitrogens with two attached hydrogens (primary N) is 1. The van der Waals surface area contributed by atoms with Gasteiger partial charge in [-0.25, -0.2) is 8.78 Å². The Labute approximate surface area is 117 Å². The number of hydrogen-bond acceptors (Lipinski definition) is 2. The van der Waals surface area contributed by atoms with Crippen molar-refractivity contribution in [1.29, 1.82) is 0 Å². The highest BCUT2D eigenvalue weighted by atomic mass is 19.1. The monoisotopic (exact) mass is 277 g/mol. The Hall–Kier alpha value is -1.94.